The van der Waals surface area contributed by atoms with E-state index in [-0.39, 0.29) is 0 Å². The van der Waals surface area contributed by atoms with Crippen LogP contribution in [0.15, 0.2) is 24.5 Å². The van der Waals surface area contributed by atoms with Crippen LogP contribution in [0.25, 0.3) is 10.9 Å². The average molecular weight is 215 g/mol. The lowest BCUT2D eigenvalue weighted by atomic mass is 10.1. The second-order valence-corrected chi connectivity index (χ2v) is 4.15. The number of para-hydroxylation sites is 1. The van der Waals surface area contributed by atoms with E-state index in [4.69, 9.17) is 0 Å². The van der Waals surface area contributed by atoms with Crippen molar-refractivity contribution in [3.05, 3.63) is 30.1 Å². The van der Waals surface area contributed by atoms with Gasteiger partial charge < -0.3 is 5.32 Å². The molecule has 84 valence electrons. The lowest BCUT2D eigenvalue weighted by Crippen LogP contribution is -2.14. The molecule has 1 atom stereocenters. The number of benzene rings is 1. The molecule has 0 amide bonds. The standard InChI is InChI=1S/C13H17N3/c1-4-10(3)16-13-11-7-5-6-9(2)12(11)14-8-15-13/h5-8,10H,4H2,1-3H3,(H,14,15,16)/t10-/m0/s1. The SMILES string of the molecule is CC[C@H](C)Nc1ncnc2c(C)cccc12. The fourth-order valence-electron chi connectivity index (χ4n) is 1.69. The molecule has 0 aliphatic carbocycles. The summed E-state index contributed by atoms with van der Waals surface area (Å²) in [6.07, 6.45) is 2.71. The van der Waals surface area contributed by atoms with Gasteiger partial charge in [-0.3, -0.25) is 0 Å². The molecule has 0 aliphatic heterocycles. The molecule has 0 unspecified atom stereocenters. The van der Waals surface area contributed by atoms with Gasteiger partial charge >= 0.3 is 0 Å². The Balaban J connectivity index is 2.50. The largest absolute Gasteiger partial charge is 0.367 e. The van der Waals surface area contributed by atoms with E-state index in [0.29, 0.717) is 6.04 Å². The van der Waals surface area contributed by atoms with Crippen LogP contribution in [-0.4, -0.2) is 16.0 Å². The van der Waals surface area contributed by atoms with Crippen LogP contribution in [0.1, 0.15) is 25.8 Å². The Morgan fingerprint density at radius 3 is 2.88 bits per heavy atom. The van der Waals surface area contributed by atoms with Gasteiger partial charge in [0.25, 0.3) is 0 Å². The maximum Gasteiger partial charge on any atom is 0.137 e. The number of aryl methyl sites for hydroxylation is 1. The molecule has 3 heteroatoms. The summed E-state index contributed by atoms with van der Waals surface area (Å²) >= 11 is 0. The molecule has 2 rings (SSSR count). The van der Waals surface area contributed by atoms with E-state index in [2.05, 4.69) is 48.2 Å². The van der Waals surface area contributed by atoms with Gasteiger partial charge in [0.1, 0.15) is 12.1 Å². The van der Waals surface area contributed by atoms with Gasteiger partial charge in [0.2, 0.25) is 0 Å². The van der Waals surface area contributed by atoms with Crippen molar-refractivity contribution >= 4 is 16.7 Å². The Morgan fingerprint density at radius 2 is 2.12 bits per heavy atom. The zero-order valence-electron chi connectivity index (χ0n) is 9.99. The second-order valence-electron chi connectivity index (χ2n) is 4.15. The molecular formula is C13H17N3. The third-order valence-corrected chi connectivity index (χ3v) is 2.86. The predicted octanol–water partition coefficient (Wildman–Crippen LogP) is 3.15. The number of nitrogens with zero attached hydrogens (tertiary/aromatic N) is 2. The highest BCUT2D eigenvalue weighted by molar-refractivity contribution is 5.90. The Kier molecular flexibility index (Phi) is 3.04. The number of aromatic nitrogens is 2. The first kappa shape index (κ1) is 10.9. The maximum absolute atomic E-state index is 4.32. The topological polar surface area (TPSA) is 37.8 Å². The highest BCUT2D eigenvalue weighted by Crippen LogP contribution is 2.22. The number of nitrogens with one attached hydrogen (secondary N) is 1. The van der Waals surface area contributed by atoms with Gasteiger partial charge in [0, 0.05) is 11.4 Å². The monoisotopic (exact) mass is 215 g/mol. The first-order valence-corrected chi connectivity index (χ1v) is 5.69. The average Bonchev–Trinajstić information content (AvgIpc) is 2.30. The first-order chi connectivity index (χ1) is 7.72. The van der Waals surface area contributed by atoms with Gasteiger partial charge in [0.05, 0.1) is 5.52 Å². The van der Waals surface area contributed by atoms with Gasteiger partial charge in [-0.05, 0) is 31.9 Å². The van der Waals surface area contributed by atoms with Crippen LogP contribution in [0.3, 0.4) is 0 Å². The smallest absolute Gasteiger partial charge is 0.137 e. The van der Waals surface area contributed by atoms with E-state index in [9.17, 15) is 0 Å². The van der Waals surface area contributed by atoms with Crippen molar-refractivity contribution in [2.75, 3.05) is 5.32 Å². The quantitative estimate of drug-likeness (QED) is 0.854. The second kappa shape index (κ2) is 4.47. The zero-order chi connectivity index (χ0) is 11.5. The van der Waals surface area contributed by atoms with Gasteiger partial charge in [-0.2, -0.15) is 0 Å². The van der Waals surface area contributed by atoms with Crippen molar-refractivity contribution < 1.29 is 0 Å². The third kappa shape index (κ3) is 1.98. The van der Waals surface area contributed by atoms with Gasteiger partial charge in [-0.25, -0.2) is 9.97 Å². The van der Waals surface area contributed by atoms with Crippen molar-refractivity contribution in [2.24, 2.45) is 0 Å². The number of rotatable bonds is 3. The van der Waals surface area contributed by atoms with Crippen LogP contribution >= 0.6 is 0 Å². The number of fused-ring (bicyclic) bond motifs is 1. The molecule has 3 nitrogen and oxygen atoms in total. The summed E-state index contributed by atoms with van der Waals surface area (Å²) in [6, 6.07) is 6.61. The molecule has 1 aromatic carbocycles. The van der Waals surface area contributed by atoms with E-state index in [1.54, 1.807) is 6.33 Å². The van der Waals surface area contributed by atoms with Crippen LogP contribution in [0.2, 0.25) is 0 Å². The summed E-state index contributed by atoms with van der Waals surface area (Å²) in [6.45, 7) is 6.39. The predicted molar refractivity (Wildman–Crippen MR) is 67.7 cm³/mol. The van der Waals surface area contributed by atoms with Gasteiger partial charge in [-0.15, -0.1) is 0 Å². The van der Waals surface area contributed by atoms with Gasteiger partial charge in [0.15, 0.2) is 0 Å². The Morgan fingerprint density at radius 1 is 1.31 bits per heavy atom. The molecule has 0 saturated carbocycles. The molecule has 0 fully saturated rings. The van der Waals surface area contributed by atoms with Crippen molar-refractivity contribution in [1.82, 2.24) is 9.97 Å². The summed E-state index contributed by atoms with van der Waals surface area (Å²) < 4.78 is 0. The summed E-state index contributed by atoms with van der Waals surface area (Å²) in [7, 11) is 0. The van der Waals surface area contributed by atoms with Crippen LogP contribution in [0.4, 0.5) is 5.82 Å². The van der Waals surface area contributed by atoms with Crippen LogP contribution < -0.4 is 5.32 Å². The minimum Gasteiger partial charge on any atom is -0.367 e. The Hall–Kier alpha value is -1.64. The highest BCUT2D eigenvalue weighted by Gasteiger charge is 2.06. The Bertz CT molecular complexity index is 494. The number of anilines is 1. The van der Waals surface area contributed by atoms with Crippen molar-refractivity contribution in [2.45, 2.75) is 33.2 Å². The van der Waals surface area contributed by atoms with E-state index >= 15 is 0 Å². The first-order valence-electron chi connectivity index (χ1n) is 5.69. The summed E-state index contributed by atoms with van der Waals surface area (Å²) in [4.78, 5) is 8.64. The summed E-state index contributed by atoms with van der Waals surface area (Å²) in [5.74, 6) is 0.933. The summed E-state index contributed by atoms with van der Waals surface area (Å²) in [5, 5.41) is 4.51. The molecule has 1 N–H and O–H groups in total. The van der Waals surface area contributed by atoms with E-state index in [1.165, 1.54) is 5.56 Å². The van der Waals surface area contributed by atoms with Crippen molar-refractivity contribution in [3.63, 3.8) is 0 Å². The molecule has 0 aliphatic rings. The lowest BCUT2D eigenvalue weighted by Gasteiger charge is -2.14. The van der Waals surface area contributed by atoms with Crippen molar-refractivity contribution in [3.8, 4) is 0 Å². The normalized spacial score (nSPS) is 12.7. The van der Waals surface area contributed by atoms with E-state index in [1.807, 2.05) is 6.07 Å². The number of hydrogen-bond acceptors (Lipinski definition) is 3. The molecule has 1 aromatic heterocycles. The zero-order valence-corrected chi connectivity index (χ0v) is 9.99. The molecular weight excluding hydrogens is 198 g/mol. The third-order valence-electron chi connectivity index (χ3n) is 2.86. The molecule has 2 aromatic rings. The van der Waals surface area contributed by atoms with E-state index in [0.717, 1.165) is 23.1 Å². The molecule has 0 saturated heterocycles. The summed E-state index contributed by atoms with van der Waals surface area (Å²) in [5.41, 5.74) is 2.22. The molecule has 16 heavy (non-hydrogen) atoms. The van der Waals surface area contributed by atoms with Crippen molar-refractivity contribution in [1.29, 1.82) is 0 Å². The molecule has 1 heterocycles. The minimum atomic E-state index is 0.429. The number of hydrogen-bond donors (Lipinski definition) is 1. The fourth-order valence-corrected chi connectivity index (χ4v) is 1.69. The molecule has 0 bridgehead atoms. The fraction of sp³-hybridized carbons (Fsp3) is 0.385. The maximum atomic E-state index is 4.32. The molecule has 0 radical (unpaired) electrons. The minimum absolute atomic E-state index is 0.429. The van der Waals surface area contributed by atoms with E-state index < -0.39 is 0 Å². The van der Waals surface area contributed by atoms with Crippen LogP contribution in [0, 0.1) is 6.92 Å². The Labute approximate surface area is 95.9 Å². The lowest BCUT2D eigenvalue weighted by molar-refractivity contribution is 0.760. The molecule has 0 spiro atoms. The highest BCUT2D eigenvalue weighted by atomic mass is 15.0. The van der Waals surface area contributed by atoms with Crippen LogP contribution in [0.5, 0.6) is 0 Å². The van der Waals surface area contributed by atoms with Crippen LogP contribution in [-0.2, 0) is 0 Å². The van der Waals surface area contributed by atoms with Gasteiger partial charge in [-0.1, -0.05) is 19.1 Å².